The summed E-state index contributed by atoms with van der Waals surface area (Å²) in [7, 11) is 0. The molecule has 0 radical (unpaired) electrons. The number of carboxylic acid groups (broad SMARTS) is 1. The van der Waals surface area contributed by atoms with E-state index in [9.17, 15) is 9.90 Å². The molecule has 0 aliphatic heterocycles. The van der Waals surface area contributed by atoms with Gasteiger partial charge < -0.3 is 20.9 Å². The number of H-pyrrole nitrogens is 1. The molecular weight excluding hydrogens is 232 g/mol. The van der Waals surface area contributed by atoms with Gasteiger partial charge in [0.2, 0.25) is 0 Å². The third kappa shape index (κ3) is 2.69. The minimum Gasteiger partial charge on any atom is -0.480 e. The van der Waals surface area contributed by atoms with Crippen molar-refractivity contribution in [1.82, 2.24) is 4.98 Å². The third-order valence-corrected chi connectivity index (χ3v) is 2.97. The Morgan fingerprint density at radius 1 is 1.39 bits per heavy atom. The summed E-state index contributed by atoms with van der Waals surface area (Å²) in [6.07, 6.45) is 1.52. The first-order valence-electron chi connectivity index (χ1n) is 5.79. The van der Waals surface area contributed by atoms with E-state index in [2.05, 4.69) is 4.98 Å². The number of carbonyl (C=O) groups is 1. The number of aromatic nitrogens is 1. The number of aliphatic hydroxyl groups is 1. The molecule has 0 amide bonds. The fourth-order valence-electron chi connectivity index (χ4n) is 2.03. The molecule has 0 saturated carbocycles. The van der Waals surface area contributed by atoms with E-state index in [0.717, 1.165) is 16.5 Å². The van der Waals surface area contributed by atoms with Crippen molar-refractivity contribution in [2.24, 2.45) is 5.73 Å². The van der Waals surface area contributed by atoms with E-state index in [4.69, 9.17) is 10.8 Å². The fraction of sp³-hybridized carbons (Fsp3) is 0.308. The lowest BCUT2D eigenvalue weighted by atomic mass is 10.0. The Labute approximate surface area is 104 Å². The first-order valence-corrected chi connectivity index (χ1v) is 5.79. The number of aliphatic hydroxyl groups excluding tert-OH is 1. The number of rotatable bonds is 5. The first-order chi connectivity index (χ1) is 8.58. The minimum absolute atomic E-state index is 0.0504. The average Bonchev–Trinajstić information content (AvgIpc) is 2.72. The maximum Gasteiger partial charge on any atom is 0.320 e. The van der Waals surface area contributed by atoms with E-state index < -0.39 is 18.1 Å². The van der Waals surface area contributed by atoms with Crippen molar-refractivity contribution in [3.63, 3.8) is 0 Å². The number of aromatic amines is 1. The SMILES string of the molecule is NC(CC(O)Cc1c[nH]c2ccccc12)C(=O)O. The van der Waals surface area contributed by atoms with Crippen LogP contribution in [0.4, 0.5) is 0 Å². The van der Waals surface area contributed by atoms with Gasteiger partial charge >= 0.3 is 5.97 Å². The molecule has 5 heteroatoms. The Bertz CT molecular complexity index is 550. The predicted molar refractivity (Wildman–Crippen MR) is 68.2 cm³/mol. The smallest absolute Gasteiger partial charge is 0.320 e. The van der Waals surface area contributed by atoms with Crippen molar-refractivity contribution in [2.45, 2.75) is 25.0 Å². The molecule has 5 N–H and O–H groups in total. The van der Waals surface area contributed by atoms with Gasteiger partial charge in [-0.15, -0.1) is 0 Å². The third-order valence-electron chi connectivity index (χ3n) is 2.97. The van der Waals surface area contributed by atoms with Crippen LogP contribution < -0.4 is 5.73 Å². The number of nitrogens with two attached hydrogens (primary N) is 1. The van der Waals surface area contributed by atoms with Gasteiger partial charge in [0.15, 0.2) is 0 Å². The number of hydrogen-bond donors (Lipinski definition) is 4. The number of fused-ring (bicyclic) bond motifs is 1. The van der Waals surface area contributed by atoms with Crippen molar-refractivity contribution in [1.29, 1.82) is 0 Å². The monoisotopic (exact) mass is 248 g/mol. The normalized spacial score (nSPS) is 14.6. The summed E-state index contributed by atoms with van der Waals surface area (Å²) in [5.41, 5.74) is 7.36. The molecule has 5 nitrogen and oxygen atoms in total. The van der Waals surface area contributed by atoms with Crippen LogP contribution >= 0.6 is 0 Å². The van der Waals surface area contributed by atoms with Crippen molar-refractivity contribution in [3.05, 3.63) is 36.0 Å². The second kappa shape index (κ2) is 5.20. The Kier molecular flexibility index (Phi) is 3.64. The zero-order valence-electron chi connectivity index (χ0n) is 9.84. The van der Waals surface area contributed by atoms with Gasteiger partial charge in [-0.25, -0.2) is 0 Å². The van der Waals surface area contributed by atoms with Crippen LogP contribution in [0.1, 0.15) is 12.0 Å². The molecular formula is C13H16N2O3. The van der Waals surface area contributed by atoms with Gasteiger partial charge in [0.1, 0.15) is 6.04 Å². The largest absolute Gasteiger partial charge is 0.480 e. The molecule has 0 bridgehead atoms. The maximum absolute atomic E-state index is 10.6. The Balaban J connectivity index is 2.07. The lowest BCUT2D eigenvalue weighted by Crippen LogP contribution is -2.34. The first kappa shape index (κ1) is 12.6. The van der Waals surface area contributed by atoms with Crippen LogP contribution in [0, 0.1) is 0 Å². The second-order valence-corrected chi connectivity index (χ2v) is 4.40. The lowest BCUT2D eigenvalue weighted by molar-refractivity contribution is -0.139. The molecule has 1 aromatic heterocycles. The summed E-state index contributed by atoms with van der Waals surface area (Å²) in [6.45, 7) is 0. The summed E-state index contributed by atoms with van der Waals surface area (Å²) in [6, 6.07) is 6.75. The molecule has 1 heterocycles. The van der Waals surface area contributed by atoms with Gasteiger partial charge in [0, 0.05) is 23.5 Å². The van der Waals surface area contributed by atoms with Gasteiger partial charge in [-0.3, -0.25) is 4.79 Å². The number of benzene rings is 1. The number of carboxylic acids is 1. The highest BCUT2D eigenvalue weighted by atomic mass is 16.4. The van der Waals surface area contributed by atoms with E-state index in [1.807, 2.05) is 30.5 Å². The van der Waals surface area contributed by atoms with Crippen LogP contribution in [-0.2, 0) is 11.2 Å². The van der Waals surface area contributed by atoms with Crippen LogP contribution in [0.15, 0.2) is 30.5 Å². The van der Waals surface area contributed by atoms with Gasteiger partial charge in [-0.2, -0.15) is 0 Å². The molecule has 2 aromatic rings. The zero-order valence-corrected chi connectivity index (χ0v) is 9.84. The highest BCUT2D eigenvalue weighted by Gasteiger charge is 2.18. The summed E-state index contributed by atoms with van der Waals surface area (Å²) in [5.74, 6) is -1.09. The van der Waals surface area contributed by atoms with Crippen LogP contribution in [0.2, 0.25) is 0 Å². The van der Waals surface area contributed by atoms with Crippen LogP contribution in [0.3, 0.4) is 0 Å². The quantitative estimate of drug-likeness (QED) is 0.631. The molecule has 0 fully saturated rings. The molecule has 96 valence electrons. The van der Waals surface area contributed by atoms with Crippen LogP contribution in [0.25, 0.3) is 10.9 Å². The summed E-state index contributed by atoms with van der Waals surface area (Å²) >= 11 is 0. The Morgan fingerprint density at radius 3 is 2.83 bits per heavy atom. The number of aliphatic carboxylic acids is 1. The van der Waals surface area contributed by atoms with Crippen LogP contribution in [0.5, 0.6) is 0 Å². The molecule has 0 spiro atoms. The second-order valence-electron chi connectivity index (χ2n) is 4.40. The Hall–Kier alpha value is -1.85. The van der Waals surface area contributed by atoms with Crippen molar-refractivity contribution in [2.75, 3.05) is 0 Å². The van der Waals surface area contributed by atoms with Gasteiger partial charge in [0.25, 0.3) is 0 Å². The molecule has 2 rings (SSSR count). The molecule has 2 atom stereocenters. The minimum atomic E-state index is -1.09. The van der Waals surface area contributed by atoms with E-state index in [1.165, 1.54) is 0 Å². The van der Waals surface area contributed by atoms with Crippen molar-refractivity contribution in [3.8, 4) is 0 Å². The molecule has 0 aliphatic carbocycles. The summed E-state index contributed by atoms with van der Waals surface area (Å²) < 4.78 is 0. The van der Waals surface area contributed by atoms with E-state index in [1.54, 1.807) is 0 Å². The highest BCUT2D eigenvalue weighted by Crippen LogP contribution is 2.19. The fourth-order valence-corrected chi connectivity index (χ4v) is 2.03. The number of para-hydroxylation sites is 1. The summed E-state index contributed by atoms with van der Waals surface area (Å²) in [5, 5.41) is 19.6. The number of hydrogen-bond acceptors (Lipinski definition) is 3. The molecule has 1 aromatic carbocycles. The van der Waals surface area contributed by atoms with E-state index in [-0.39, 0.29) is 6.42 Å². The standard InChI is InChI=1S/C13H16N2O3/c14-11(13(17)18)6-9(16)5-8-7-15-12-4-2-1-3-10(8)12/h1-4,7,9,11,15-16H,5-6,14H2,(H,17,18). The lowest BCUT2D eigenvalue weighted by Gasteiger charge is -2.12. The zero-order chi connectivity index (χ0) is 13.1. The van der Waals surface area contributed by atoms with E-state index in [0.29, 0.717) is 6.42 Å². The summed E-state index contributed by atoms with van der Waals surface area (Å²) in [4.78, 5) is 13.7. The van der Waals surface area contributed by atoms with Crippen molar-refractivity contribution < 1.29 is 15.0 Å². The van der Waals surface area contributed by atoms with Gasteiger partial charge in [-0.05, 0) is 18.1 Å². The van der Waals surface area contributed by atoms with Crippen LogP contribution in [-0.4, -0.2) is 33.3 Å². The molecule has 18 heavy (non-hydrogen) atoms. The Morgan fingerprint density at radius 2 is 2.11 bits per heavy atom. The van der Waals surface area contributed by atoms with E-state index >= 15 is 0 Å². The molecule has 0 aliphatic rings. The topological polar surface area (TPSA) is 99.3 Å². The van der Waals surface area contributed by atoms with Gasteiger partial charge in [-0.1, -0.05) is 18.2 Å². The predicted octanol–water partition coefficient (Wildman–Crippen LogP) is 0.873. The van der Waals surface area contributed by atoms with Crippen molar-refractivity contribution >= 4 is 16.9 Å². The average molecular weight is 248 g/mol. The number of nitrogens with one attached hydrogen (secondary N) is 1. The maximum atomic E-state index is 10.6. The molecule has 2 unspecified atom stereocenters. The van der Waals surface area contributed by atoms with Gasteiger partial charge in [0.05, 0.1) is 6.10 Å². The molecule has 0 saturated heterocycles. The highest BCUT2D eigenvalue weighted by molar-refractivity contribution is 5.83.